The number of ether oxygens (including phenoxy) is 3. The molecule has 0 bridgehead atoms. The van der Waals surface area contributed by atoms with Crippen molar-refractivity contribution in [1.82, 2.24) is 20.9 Å². The molecule has 0 aromatic heterocycles. The number of halogens is 1. The summed E-state index contributed by atoms with van der Waals surface area (Å²) in [5.74, 6) is 0.836. The minimum absolute atomic E-state index is 0.0172. The number of amides is 3. The second-order valence-corrected chi connectivity index (χ2v) is 11.9. The van der Waals surface area contributed by atoms with E-state index in [1.165, 1.54) is 12.7 Å². The van der Waals surface area contributed by atoms with Crippen molar-refractivity contribution < 1.29 is 23.8 Å². The van der Waals surface area contributed by atoms with Crippen LogP contribution in [0.2, 0.25) is 5.02 Å². The molecular weight excluding hydrogens is 604 g/mol. The van der Waals surface area contributed by atoms with Crippen molar-refractivity contribution in [2.45, 2.75) is 44.8 Å². The van der Waals surface area contributed by atoms with E-state index in [-0.39, 0.29) is 30.7 Å². The van der Waals surface area contributed by atoms with Crippen molar-refractivity contribution in [2.75, 3.05) is 54.1 Å². The molecule has 46 heavy (non-hydrogen) atoms. The van der Waals surface area contributed by atoms with E-state index in [2.05, 4.69) is 53.2 Å². The zero-order valence-electron chi connectivity index (χ0n) is 27.3. The van der Waals surface area contributed by atoms with Gasteiger partial charge >= 0.3 is 12.1 Å². The normalized spacial score (nSPS) is 15.9. The molecule has 3 N–H and O–H groups in total. The molecular formula is C36H47ClN4O5. The standard InChI is InChI=1S/C36H47ClN4O5/c1-5-25-9-6-10-27(21-25)33-31(12-7-13-32(33)37)34(46-20-18-39-36(43)45-4)28-11-8-19-41(24-28)35(42)40-23-29(38-2)22-26-14-16-30(44-3)17-15-26/h6-7,9-10,12-17,21,28-29,34,38H,5,8,11,18-20,22-24H2,1-4H3,(H,39,43)(H,40,42)/t28-,29+,34-/m1/s1. The lowest BCUT2D eigenvalue weighted by molar-refractivity contribution is -0.00816. The van der Waals surface area contributed by atoms with Crippen LogP contribution in [-0.2, 0) is 22.3 Å². The van der Waals surface area contributed by atoms with Gasteiger partial charge in [-0.1, -0.05) is 67.1 Å². The Morgan fingerprint density at radius 3 is 2.52 bits per heavy atom. The van der Waals surface area contributed by atoms with Gasteiger partial charge in [0.15, 0.2) is 0 Å². The Hall–Kier alpha value is -3.79. The number of hydrogen-bond acceptors (Lipinski definition) is 6. The fourth-order valence-corrected chi connectivity index (χ4v) is 6.30. The minimum atomic E-state index is -0.507. The highest BCUT2D eigenvalue weighted by Gasteiger charge is 2.33. The van der Waals surface area contributed by atoms with Gasteiger partial charge in [-0.25, -0.2) is 9.59 Å². The van der Waals surface area contributed by atoms with Gasteiger partial charge in [0.05, 0.1) is 26.9 Å². The van der Waals surface area contributed by atoms with Gasteiger partial charge in [0.25, 0.3) is 0 Å². The van der Waals surface area contributed by atoms with Crippen molar-refractivity contribution >= 4 is 23.7 Å². The highest BCUT2D eigenvalue weighted by atomic mass is 35.5. The Morgan fingerprint density at radius 1 is 1.02 bits per heavy atom. The summed E-state index contributed by atoms with van der Waals surface area (Å²) >= 11 is 6.89. The molecule has 248 valence electrons. The highest BCUT2D eigenvalue weighted by molar-refractivity contribution is 6.33. The fourth-order valence-electron chi connectivity index (χ4n) is 6.01. The molecule has 0 unspecified atom stereocenters. The predicted octanol–water partition coefficient (Wildman–Crippen LogP) is 6.24. The lowest BCUT2D eigenvalue weighted by atomic mass is 9.84. The summed E-state index contributed by atoms with van der Waals surface area (Å²) < 4.78 is 16.5. The Bertz CT molecular complexity index is 1420. The van der Waals surface area contributed by atoms with Gasteiger partial charge in [-0.3, -0.25) is 0 Å². The van der Waals surface area contributed by atoms with E-state index >= 15 is 0 Å². The second-order valence-electron chi connectivity index (χ2n) is 11.5. The number of aryl methyl sites for hydroxylation is 1. The Labute approximate surface area is 277 Å². The topological polar surface area (TPSA) is 101 Å². The van der Waals surface area contributed by atoms with Gasteiger partial charge in [-0.15, -0.1) is 0 Å². The summed E-state index contributed by atoms with van der Waals surface area (Å²) in [5.41, 5.74) is 5.32. The number of methoxy groups -OCH3 is 2. The maximum Gasteiger partial charge on any atom is 0.406 e. The lowest BCUT2D eigenvalue weighted by Crippen LogP contribution is -2.50. The van der Waals surface area contributed by atoms with Gasteiger partial charge < -0.3 is 35.1 Å². The minimum Gasteiger partial charge on any atom is -0.497 e. The lowest BCUT2D eigenvalue weighted by Gasteiger charge is -2.38. The van der Waals surface area contributed by atoms with Crippen LogP contribution in [-0.4, -0.2) is 77.1 Å². The summed E-state index contributed by atoms with van der Waals surface area (Å²) in [6, 6.07) is 22.3. The summed E-state index contributed by atoms with van der Waals surface area (Å²) in [6.07, 6.45) is 2.56. The molecule has 1 fully saturated rings. The van der Waals surface area contributed by atoms with Crippen LogP contribution >= 0.6 is 11.6 Å². The van der Waals surface area contributed by atoms with E-state index in [1.54, 1.807) is 7.11 Å². The molecule has 1 heterocycles. The summed E-state index contributed by atoms with van der Waals surface area (Å²) in [7, 11) is 4.90. The van der Waals surface area contributed by atoms with E-state index in [9.17, 15) is 9.59 Å². The molecule has 0 aliphatic carbocycles. The average Bonchev–Trinajstić information content (AvgIpc) is 3.10. The number of carbonyl (C=O) groups is 2. The van der Waals surface area contributed by atoms with Crippen molar-refractivity contribution in [2.24, 2.45) is 5.92 Å². The van der Waals surface area contributed by atoms with Gasteiger partial charge in [-0.2, -0.15) is 0 Å². The number of alkyl carbamates (subject to hydrolysis) is 1. The zero-order valence-corrected chi connectivity index (χ0v) is 28.1. The summed E-state index contributed by atoms with van der Waals surface area (Å²) in [6.45, 7) is 4.40. The quantitative estimate of drug-likeness (QED) is 0.179. The molecule has 3 amide bonds. The average molecular weight is 651 g/mol. The van der Waals surface area contributed by atoms with Crippen LogP contribution in [0.25, 0.3) is 11.1 Å². The van der Waals surface area contributed by atoms with Crippen LogP contribution in [0.3, 0.4) is 0 Å². The Morgan fingerprint density at radius 2 is 1.80 bits per heavy atom. The smallest absolute Gasteiger partial charge is 0.406 e. The maximum absolute atomic E-state index is 13.5. The number of likely N-dealkylation sites (N-methyl/N-ethyl adjacent to an activating group) is 1. The monoisotopic (exact) mass is 650 g/mol. The second kappa shape index (κ2) is 17.8. The molecule has 3 aromatic carbocycles. The number of nitrogens with zero attached hydrogens (tertiary/aromatic N) is 1. The number of hydrogen-bond donors (Lipinski definition) is 3. The SMILES string of the molecule is CCc1cccc(-c2c(Cl)cccc2[C@H](OCCNC(=O)OC)[C@@H]2CCCN(C(=O)NC[C@H](Cc3ccc(OC)cc3)NC)C2)c1. The van der Waals surface area contributed by atoms with Crippen molar-refractivity contribution in [3.8, 4) is 16.9 Å². The molecule has 1 saturated heterocycles. The number of nitrogens with one attached hydrogen (secondary N) is 3. The van der Waals surface area contributed by atoms with Gasteiger partial charge in [-0.05, 0) is 73.2 Å². The van der Waals surface area contributed by atoms with E-state index < -0.39 is 6.09 Å². The number of piperidine rings is 1. The molecule has 3 aromatic rings. The van der Waals surface area contributed by atoms with Gasteiger partial charge in [0.2, 0.25) is 0 Å². The molecule has 0 radical (unpaired) electrons. The Kier molecular flexibility index (Phi) is 13.6. The van der Waals surface area contributed by atoms with Crippen LogP contribution in [0, 0.1) is 5.92 Å². The van der Waals surface area contributed by atoms with Crippen molar-refractivity contribution in [3.05, 3.63) is 88.4 Å². The molecule has 1 aliphatic rings. The van der Waals surface area contributed by atoms with Gasteiger partial charge in [0, 0.05) is 48.7 Å². The maximum atomic E-state index is 13.5. The number of likely N-dealkylation sites (tertiary alicyclic amines) is 1. The predicted molar refractivity (Wildman–Crippen MR) is 183 cm³/mol. The first-order chi connectivity index (χ1) is 22.4. The first kappa shape index (κ1) is 35.1. The molecule has 0 saturated carbocycles. The first-order valence-electron chi connectivity index (χ1n) is 16.0. The molecule has 1 aliphatic heterocycles. The first-order valence-corrected chi connectivity index (χ1v) is 16.4. The fraction of sp³-hybridized carbons (Fsp3) is 0.444. The third-order valence-corrected chi connectivity index (χ3v) is 8.87. The molecule has 0 spiro atoms. The van der Waals surface area contributed by atoms with E-state index in [0.717, 1.165) is 53.7 Å². The van der Waals surface area contributed by atoms with E-state index in [1.807, 2.05) is 48.3 Å². The largest absolute Gasteiger partial charge is 0.497 e. The molecule has 9 nitrogen and oxygen atoms in total. The van der Waals surface area contributed by atoms with E-state index in [0.29, 0.717) is 31.2 Å². The van der Waals surface area contributed by atoms with Crippen LogP contribution in [0.15, 0.2) is 66.7 Å². The molecule has 4 rings (SSSR count). The molecule has 3 atom stereocenters. The number of rotatable bonds is 14. The van der Waals surface area contributed by atoms with Gasteiger partial charge in [0.1, 0.15) is 5.75 Å². The summed E-state index contributed by atoms with van der Waals surface area (Å²) in [4.78, 5) is 27.1. The van der Waals surface area contributed by atoms with Crippen molar-refractivity contribution in [3.63, 3.8) is 0 Å². The highest BCUT2D eigenvalue weighted by Crippen LogP contribution is 2.41. The van der Waals surface area contributed by atoms with Crippen molar-refractivity contribution in [1.29, 1.82) is 0 Å². The number of carbonyl (C=O) groups excluding carboxylic acids is 2. The van der Waals surface area contributed by atoms with Crippen LogP contribution in [0.5, 0.6) is 5.75 Å². The number of urea groups is 1. The van der Waals surface area contributed by atoms with Crippen LogP contribution in [0.4, 0.5) is 9.59 Å². The Balaban J connectivity index is 1.50. The third-order valence-electron chi connectivity index (χ3n) is 8.55. The summed E-state index contributed by atoms with van der Waals surface area (Å²) in [5, 5.41) is 9.82. The third kappa shape index (κ3) is 9.61. The molecule has 10 heteroatoms. The van der Waals surface area contributed by atoms with E-state index in [4.69, 9.17) is 25.8 Å². The van der Waals surface area contributed by atoms with Crippen LogP contribution in [0.1, 0.15) is 42.6 Å². The number of benzene rings is 3. The zero-order chi connectivity index (χ0) is 32.9. The van der Waals surface area contributed by atoms with Crippen LogP contribution < -0.4 is 20.7 Å².